The first-order valence-electron chi connectivity index (χ1n) is 4.25. The molecule has 2 unspecified atom stereocenters. The molecule has 0 amide bonds. The maximum atomic E-state index is 3.44. The van der Waals surface area contributed by atoms with Gasteiger partial charge in [0.25, 0.3) is 0 Å². The van der Waals surface area contributed by atoms with E-state index in [0.717, 1.165) is 19.0 Å². The molecule has 0 aromatic carbocycles. The van der Waals surface area contributed by atoms with Gasteiger partial charge in [-0.15, -0.1) is 0 Å². The molecular weight excluding hydrogens is 136 g/mol. The molecule has 2 nitrogen and oxygen atoms in total. The van der Waals surface area contributed by atoms with Gasteiger partial charge < -0.3 is 10.6 Å². The third-order valence-corrected chi connectivity index (χ3v) is 2.38. The van der Waals surface area contributed by atoms with Gasteiger partial charge >= 0.3 is 0 Å². The summed E-state index contributed by atoms with van der Waals surface area (Å²) >= 11 is 0. The fourth-order valence-corrected chi connectivity index (χ4v) is 1.71. The highest BCUT2D eigenvalue weighted by atomic mass is 15.0. The summed E-state index contributed by atoms with van der Waals surface area (Å²) in [4.78, 5) is 0. The lowest BCUT2D eigenvalue weighted by Crippen LogP contribution is -2.37. The first kappa shape index (κ1) is 6.92. The topological polar surface area (TPSA) is 24.1 Å². The van der Waals surface area contributed by atoms with E-state index >= 15 is 0 Å². The van der Waals surface area contributed by atoms with Crippen molar-refractivity contribution in [1.82, 2.24) is 10.6 Å². The van der Waals surface area contributed by atoms with E-state index in [9.17, 15) is 0 Å². The van der Waals surface area contributed by atoms with Gasteiger partial charge in [-0.3, -0.25) is 0 Å². The van der Waals surface area contributed by atoms with Crippen LogP contribution in [-0.2, 0) is 0 Å². The van der Waals surface area contributed by atoms with E-state index in [4.69, 9.17) is 0 Å². The second-order valence-electron chi connectivity index (χ2n) is 3.17. The monoisotopic (exact) mass is 150 g/mol. The van der Waals surface area contributed by atoms with Crippen LogP contribution < -0.4 is 10.6 Å². The highest BCUT2D eigenvalue weighted by Gasteiger charge is 2.20. The van der Waals surface area contributed by atoms with Crippen molar-refractivity contribution >= 4 is 0 Å². The quantitative estimate of drug-likeness (QED) is 0.536. The minimum absolute atomic E-state index is 0.604. The summed E-state index contributed by atoms with van der Waals surface area (Å²) in [6.07, 6.45) is 9.96. The van der Waals surface area contributed by atoms with Gasteiger partial charge in [-0.1, -0.05) is 18.2 Å². The second kappa shape index (κ2) is 3.09. The Labute approximate surface area is 67.4 Å². The SMILES string of the molecule is C1=CC(C2CC=CNC2)NC1. The molecule has 60 valence electrons. The minimum atomic E-state index is 0.604. The van der Waals surface area contributed by atoms with Crippen LogP contribution in [0.5, 0.6) is 0 Å². The van der Waals surface area contributed by atoms with Crippen molar-refractivity contribution in [2.75, 3.05) is 13.1 Å². The Bertz CT molecular complexity index is 184. The highest BCUT2D eigenvalue weighted by molar-refractivity contribution is 5.07. The third-order valence-electron chi connectivity index (χ3n) is 2.38. The van der Waals surface area contributed by atoms with E-state index in [-0.39, 0.29) is 0 Å². The molecule has 0 radical (unpaired) electrons. The summed E-state index contributed by atoms with van der Waals surface area (Å²) in [6, 6.07) is 0.604. The van der Waals surface area contributed by atoms with Gasteiger partial charge in [0.2, 0.25) is 0 Å². The smallest absolute Gasteiger partial charge is 0.0301 e. The highest BCUT2D eigenvalue weighted by Crippen LogP contribution is 2.15. The normalized spacial score (nSPS) is 35.6. The molecule has 0 aromatic heterocycles. The summed E-state index contributed by atoms with van der Waals surface area (Å²) in [5.41, 5.74) is 0. The molecule has 0 saturated heterocycles. The Balaban J connectivity index is 1.93. The molecule has 0 aliphatic carbocycles. The fourth-order valence-electron chi connectivity index (χ4n) is 1.71. The van der Waals surface area contributed by atoms with Crippen LogP contribution in [0.25, 0.3) is 0 Å². The summed E-state index contributed by atoms with van der Waals surface area (Å²) < 4.78 is 0. The van der Waals surface area contributed by atoms with Crippen molar-refractivity contribution in [3.8, 4) is 0 Å². The molecule has 2 heterocycles. The standard InChI is InChI=1S/C9H14N2/c1-3-8(7-10-5-1)9-4-2-6-11-9/h1-2,4-5,8-11H,3,6-7H2. The molecule has 0 bridgehead atoms. The van der Waals surface area contributed by atoms with Gasteiger partial charge in [0.15, 0.2) is 0 Å². The van der Waals surface area contributed by atoms with E-state index < -0.39 is 0 Å². The summed E-state index contributed by atoms with van der Waals surface area (Å²) in [7, 11) is 0. The zero-order valence-electron chi connectivity index (χ0n) is 6.59. The van der Waals surface area contributed by atoms with Crippen molar-refractivity contribution < 1.29 is 0 Å². The van der Waals surface area contributed by atoms with Crippen LogP contribution in [0.4, 0.5) is 0 Å². The van der Waals surface area contributed by atoms with Crippen molar-refractivity contribution in [1.29, 1.82) is 0 Å². The second-order valence-corrected chi connectivity index (χ2v) is 3.17. The average molecular weight is 150 g/mol. The van der Waals surface area contributed by atoms with Crippen LogP contribution in [0.3, 0.4) is 0 Å². The zero-order valence-corrected chi connectivity index (χ0v) is 6.59. The first-order valence-corrected chi connectivity index (χ1v) is 4.25. The molecule has 0 aromatic rings. The first-order chi connectivity index (χ1) is 5.47. The summed E-state index contributed by atoms with van der Waals surface area (Å²) in [5.74, 6) is 0.749. The third kappa shape index (κ3) is 1.46. The Kier molecular flexibility index (Phi) is 1.95. The number of nitrogens with one attached hydrogen (secondary N) is 2. The van der Waals surface area contributed by atoms with Crippen LogP contribution in [0, 0.1) is 5.92 Å². The lowest BCUT2D eigenvalue weighted by atomic mass is 9.95. The lowest BCUT2D eigenvalue weighted by molar-refractivity contribution is 0.411. The predicted molar refractivity (Wildman–Crippen MR) is 46.2 cm³/mol. The van der Waals surface area contributed by atoms with Gasteiger partial charge in [0.1, 0.15) is 0 Å². The molecule has 2 aliphatic rings. The molecule has 2 heteroatoms. The molecule has 11 heavy (non-hydrogen) atoms. The minimum Gasteiger partial charge on any atom is -0.391 e. The van der Waals surface area contributed by atoms with Gasteiger partial charge in [0, 0.05) is 19.1 Å². The number of allylic oxidation sites excluding steroid dienone is 1. The molecular formula is C9H14N2. The van der Waals surface area contributed by atoms with Crippen molar-refractivity contribution in [2.45, 2.75) is 12.5 Å². The largest absolute Gasteiger partial charge is 0.391 e. The maximum absolute atomic E-state index is 3.44. The average Bonchev–Trinajstić information content (AvgIpc) is 2.58. The molecule has 2 rings (SSSR count). The lowest BCUT2D eigenvalue weighted by Gasteiger charge is -2.24. The van der Waals surface area contributed by atoms with Crippen LogP contribution in [0.1, 0.15) is 6.42 Å². The van der Waals surface area contributed by atoms with Crippen LogP contribution in [0.2, 0.25) is 0 Å². The molecule has 0 saturated carbocycles. The summed E-state index contributed by atoms with van der Waals surface area (Å²) in [5, 5.41) is 6.70. The Hall–Kier alpha value is -0.760. The van der Waals surface area contributed by atoms with Crippen LogP contribution in [-0.4, -0.2) is 19.1 Å². The predicted octanol–water partition coefficient (Wildman–Crippen LogP) is 0.638. The number of hydrogen-bond donors (Lipinski definition) is 2. The Morgan fingerprint density at radius 3 is 2.91 bits per heavy atom. The Morgan fingerprint density at radius 1 is 1.27 bits per heavy atom. The Morgan fingerprint density at radius 2 is 2.27 bits per heavy atom. The van der Waals surface area contributed by atoms with Gasteiger partial charge in [0.05, 0.1) is 0 Å². The van der Waals surface area contributed by atoms with Gasteiger partial charge in [-0.25, -0.2) is 0 Å². The number of hydrogen-bond acceptors (Lipinski definition) is 2. The van der Waals surface area contributed by atoms with E-state index in [1.165, 1.54) is 6.42 Å². The zero-order chi connectivity index (χ0) is 7.52. The molecule has 2 aliphatic heterocycles. The number of rotatable bonds is 1. The van der Waals surface area contributed by atoms with Crippen LogP contribution >= 0.6 is 0 Å². The van der Waals surface area contributed by atoms with E-state index in [1.807, 2.05) is 0 Å². The van der Waals surface area contributed by atoms with E-state index in [2.05, 4.69) is 35.1 Å². The summed E-state index contributed by atoms with van der Waals surface area (Å²) in [6.45, 7) is 2.16. The van der Waals surface area contributed by atoms with Crippen molar-refractivity contribution in [2.24, 2.45) is 5.92 Å². The van der Waals surface area contributed by atoms with E-state index in [0.29, 0.717) is 6.04 Å². The van der Waals surface area contributed by atoms with Crippen molar-refractivity contribution in [3.63, 3.8) is 0 Å². The van der Waals surface area contributed by atoms with Crippen molar-refractivity contribution in [3.05, 3.63) is 24.4 Å². The molecule has 2 N–H and O–H groups in total. The fraction of sp³-hybridized carbons (Fsp3) is 0.556. The van der Waals surface area contributed by atoms with Gasteiger partial charge in [-0.05, 0) is 18.5 Å². The molecule has 2 atom stereocenters. The van der Waals surface area contributed by atoms with E-state index in [1.54, 1.807) is 0 Å². The molecule has 0 fully saturated rings. The molecule has 0 spiro atoms. The van der Waals surface area contributed by atoms with Gasteiger partial charge in [-0.2, -0.15) is 0 Å². The maximum Gasteiger partial charge on any atom is 0.0301 e. The van der Waals surface area contributed by atoms with Crippen LogP contribution in [0.15, 0.2) is 24.4 Å².